The molecule has 116 valence electrons. The normalized spacial score (nSPS) is 12.2. The highest BCUT2D eigenvalue weighted by Gasteiger charge is 2.13. The molecule has 0 atom stereocenters. The van der Waals surface area contributed by atoms with Gasteiger partial charge < -0.3 is 5.32 Å². The largest absolute Gasteiger partial charge is 0.353 e. The summed E-state index contributed by atoms with van der Waals surface area (Å²) in [5.74, 6) is 0.558. The van der Waals surface area contributed by atoms with Crippen LogP contribution in [0.1, 0.15) is 18.9 Å². The van der Waals surface area contributed by atoms with Crippen molar-refractivity contribution in [2.45, 2.75) is 20.3 Å². The number of hydrogen-bond donors (Lipinski definition) is 1. The monoisotopic (exact) mass is 311 g/mol. The first kappa shape index (κ1) is 15.7. The van der Waals surface area contributed by atoms with Gasteiger partial charge in [0.25, 0.3) is 0 Å². The minimum Gasteiger partial charge on any atom is -0.353 e. The Hall–Kier alpha value is -1.67. The van der Waals surface area contributed by atoms with E-state index in [1.807, 2.05) is 32.2 Å². The maximum atomic E-state index is 11.5. The number of fused-ring (bicyclic) bond motifs is 1. The number of aryl methyl sites for hydroxylation is 1. The second kappa shape index (κ2) is 6.40. The van der Waals surface area contributed by atoms with Crippen molar-refractivity contribution in [3.05, 3.63) is 23.9 Å². The Bertz CT molecular complexity index is 710. The van der Waals surface area contributed by atoms with Crippen LogP contribution in [-0.4, -0.2) is 53.2 Å². The number of nitrogens with zero attached hydrogens (tertiary/aromatic N) is 4. The molecule has 2 heterocycles. The van der Waals surface area contributed by atoms with E-state index < -0.39 is 10.0 Å². The SMILES string of the molecule is CCN(CCCNc1nc2ccc(C)cn2n1)S(C)(=O)=O. The summed E-state index contributed by atoms with van der Waals surface area (Å²) in [6, 6.07) is 3.90. The molecule has 0 aliphatic rings. The molecule has 8 heteroatoms. The highest BCUT2D eigenvalue weighted by molar-refractivity contribution is 7.88. The fraction of sp³-hybridized carbons (Fsp3) is 0.538. The zero-order valence-corrected chi connectivity index (χ0v) is 13.4. The molecule has 0 bridgehead atoms. The van der Waals surface area contributed by atoms with Gasteiger partial charge >= 0.3 is 0 Å². The molecule has 0 fully saturated rings. The van der Waals surface area contributed by atoms with Crippen LogP contribution in [-0.2, 0) is 10.0 Å². The van der Waals surface area contributed by atoms with Gasteiger partial charge in [0.2, 0.25) is 16.0 Å². The van der Waals surface area contributed by atoms with Crippen molar-refractivity contribution >= 4 is 21.6 Å². The molecule has 21 heavy (non-hydrogen) atoms. The third-order valence-electron chi connectivity index (χ3n) is 3.17. The number of hydrogen-bond acceptors (Lipinski definition) is 5. The Morgan fingerprint density at radius 2 is 2.14 bits per heavy atom. The summed E-state index contributed by atoms with van der Waals surface area (Å²) >= 11 is 0. The van der Waals surface area contributed by atoms with Crippen molar-refractivity contribution in [2.24, 2.45) is 0 Å². The summed E-state index contributed by atoms with van der Waals surface area (Å²) < 4.78 is 26.1. The zero-order chi connectivity index (χ0) is 15.5. The molecule has 0 unspecified atom stereocenters. The Balaban J connectivity index is 1.88. The van der Waals surface area contributed by atoms with Crippen LogP contribution in [0.2, 0.25) is 0 Å². The molecular formula is C13H21N5O2S. The van der Waals surface area contributed by atoms with Crippen molar-refractivity contribution < 1.29 is 8.42 Å². The van der Waals surface area contributed by atoms with Crippen molar-refractivity contribution in [2.75, 3.05) is 31.2 Å². The van der Waals surface area contributed by atoms with E-state index in [1.54, 1.807) is 4.52 Å². The van der Waals surface area contributed by atoms with Gasteiger partial charge in [-0.3, -0.25) is 0 Å². The van der Waals surface area contributed by atoms with Gasteiger partial charge in [0.15, 0.2) is 5.65 Å². The van der Waals surface area contributed by atoms with Crippen molar-refractivity contribution in [1.82, 2.24) is 18.9 Å². The maximum Gasteiger partial charge on any atom is 0.243 e. The van der Waals surface area contributed by atoms with Crippen LogP contribution < -0.4 is 5.32 Å². The lowest BCUT2D eigenvalue weighted by Gasteiger charge is -2.17. The Kier molecular flexibility index (Phi) is 4.79. The van der Waals surface area contributed by atoms with Crippen LogP contribution >= 0.6 is 0 Å². The van der Waals surface area contributed by atoms with Gasteiger partial charge in [0.05, 0.1) is 6.26 Å². The van der Waals surface area contributed by atoms with Crippen LogP contribution in [0.25, 0.3) is 5.65 Å². The Labute approximate surface area is 125 Å². The molecule has 0 amide bonds. The number of anilines is 1. The van der Waals surface area contributed by atoms with Crippen molar-refractivity contribution in [3.8, 4) is 0 Å². The van der Waals surface area contributed by atoms with E-state index >= 15 is 0 Å². The van der Waals surface area contributed by atoms with Crippen molar-refractivity contribution in [3.63, 3.8) is 0 Å². The molecule has 0 saturated carbocycles. The number of pyridine rings is 1. The second-order valence-corrected chi connectivity index (χ2v) is 6.96. The first-order valence-electron chi connectivity index (χ1n) is 6.92. The quantitative estimate of drug-likeness (QED) is 0.775. The molecule has 7 nitrogen and oxygen atoms in total. The van der Waals surface area contributed by atoms with E-state index in [4.69, 9.17) is 0 Å². The molecule has 1 N–H and O–H groups in total. The zero-order valence-electron chi connectivity index (χ0n) is 12.6. The highest BCUT2D eigenvalue weighted by atomic mass is 32.2. The van der Waals surface area contributed by atoms with Gasteiger partial charge in [0.1, 0.15) is 0 Å². The third-order valence-corrected chi connectivity index (χ3v) is 4.55. The average molecular weight is 311 g/mol. The molecule has 2 aromatic rings. The molecule has 0 aliphatic carbocycles. The van der Waals surface area contributed by atoms with Crippen LogP contribution in [0.5, 0.6) is 0 Å². The summed E-state index contributed by atoms with van der Waals surface area (Å²) in [4.78, 5) is 4.35. The van der Waals surface area contributed by atoms with Crippen LogP contribution in [0.3, 0.4) is 0 Å². The third kappa shape index (κ3) is 4.15. The van der Waals surface area contributed by atoms with E-state index in [-0.39, 0.29) is 0 Å². The standard InChI is InChI=1S/C13H21N5O2S/c1-4-17(21(3,19)20)9-5-8-14-13-15-12-7-6-11(2)10-18(12)16-13/h6-7,10H,4-5,8-9H2,1-3H3,(H,14,16). The van der Waals surface area contributed by atoms with Crippen LogP contribution in [0.4, 0.5) is 5.95 Å². The van der Waals surface area contributed by atoms with E-state index in [0.717, 1.165) is 11.2 Å². The van der Waals surface area contributed by atoms with E-state index in [9.17, 15) is 8.42 Å². The van der Waals surface area contributed by atoms with Gasteiger partial charge in [-0.2, -0.15) is 4.98 Å². The predicted octanol–water partition coefficient (Wildman–Crippen LogP) is 1.12. The Morgan fingerprint density at radius 3 is 2.81 bits per heavy atom. The topological polar surface area (TPSA) is 79.6 Å². The smallest absolute Gasteiger partial charge is 0.243 e. The van der Waals surface area contributed by atoms with E-state index in [1.165, 1.54) is 10.6 Å². The van der Waals surface area contributed by atoms with Gasteiger partial charge in [0, 0.05) is 25.8 Å². The maximum absolute atomic E-state index is 11.5. The van der Waals surface area contributed by atoms with Gasteiger partial charge in [-0.15, -0.1) is 5.10 Å². The Morgan fingerprint density at radius 1 is 1.38 bits per heavy atom. The number of sulfonamides is 1. The van der Waals surface area contributed by atoms with E-state index in [2.05, 4.69) is 15.4 Å². The van der Waals surface area contributed by atoms with Gasteiger partial charge in [-0.1, -0.05) is 13.0 Å². The summed E-state index contributed by atoms with van der Waals surface area (Å²) in [7, 11) is -3.12. The fourth-order valence-electron chi connectivity index (χ4n) is 2.07. The first-order valence-corrected chi connectivity index (χ1v) is 8.77. The summed E-state index contributed by atoms with van der Waals surface area (Å²) in [6.07, 6.45) is 3.85. The van der Waals surface area contributed by atoms with Gasteiger partial charge in [-0.05, 0) is 25.0 Å². The fourth-order valence-corrected chi connectivity index (χ4v) is 3.00. The molecule has 0 saturated heterocycles. The van der Waals surface area contributed by atoms with Crippen LogP contribution in [0, 0.1) is 6.92 Å². The predicted molar refractivity (Wildman–Crippen MR) is 82.9 cm³/mol. The lowest BCUT2D eigenvalue weighted by Crippen LogP contribution is -2.31. The molecule has 2 rings (SSSR count). The van der Waals surface area contributed by atoms with Gasteiger partial charge in [-0.25, -0.2) is 17.2 Å². The molecule has 0 radical (unpaired) electrons. The molecule has 0 spiro atoms. The lowest BCUT2D eigenvalue weighted by molar-refractivity contribution is 0.428. The first-order chi connectivity index (χ1) is 9.90. The van der Waals surface area contributed by atoms with Crippen LogP contribution in [0.15, 0.2) is 18.3 Å². The summed E-state index contributed by atoms with van der Waals surface area (Å²) in [6.45, 7) is 5.45. The average Bonchev–Trinajstić information content (AvgIpc) is 2.79. The summed E-state index contributed by atoms with van der Waals surface area (Å²) in [5, 5.41) is 7.44. The second-order valence-electron chi connectivity index (χ2n) is 4.98. The molecular weight excluding hydrogens is 290 g/mol. The minimum atomic E-state index is -3.12. The molecule has 0 aromatic carbocycles. The number of rotatable bonds is 7. The number of nitrogens with one attached hydrogen (secondary N) is 1. The summed E-state index contributed by atoms with van der Waals surface area (Å²) in [5.41, 5.74) is 1.90. The van der Waals surface area contributed by atoms with E-state index in [0.29, 0.717) is 32.0 Å². The number of aromatic nitrogens is 3. The molecule has 0 aliphatic heterocycles. The lowest BCUT2D eigenvalue weighted by atomic mass is 10.3. The van der Waals surface area contributed by atoms with Crippen molar-refractivity contribution in [1.29, 1.82) is 0 Å². The highest BCUT2D eigenvalue weighted by Crippen LogP contribution is 2.07. The molecule has 2 aromatic heterocycles. The minimum absolute atomic E-state index is 0.491.